The highest BCUT2D eigenvalue weighted by molar-refractivity contribution is 9.08. The summed E-state index contributed by atoms with van der Waals surface area (Å²) in [6.07, 6.45) is 0.711. The molecular formula is C7H10BrN3O2. The molecule has 0 N–H and O–H groups in total. The largest absolute Gasteiger partial charge is 0.434 e. The molecule has 0 atom stereocenters. The first-order chi connectivity index (χ1) is 6.11. The number of aryl methyl sites for hydroxylation is 1. The lowest BCUT2D eigenvalue weighted by molar-refractivity contribution is -0.396. The van der Waals surface area contributed by atoms with E-state index in [0.717, 1.165) is 11.4 Å². The third-order valence-corrected chi connectivity index (χ3v) is 2.43. The summed E-state index contributed by atoms with van der Waals surface area (Å²) in [5.41, 5.74) is 1.65. The minimum atomic E-state index is -0.467. The summed E-state index contributed by atoms with van der Waals surface area (Å²) in [6.45, 7) is 1.93. The van der Waals surface area contributed by atoms with E-state index in [2.05, 4.69) is 20.9 Å². The minimum absolute atomic E-state index is 0.0914. The van der Waals surface area contributed by atoms with Gasteiger partial charge in [-0.2, -0.15) is 0 Å². The van der Waals surface area contributed by atoms with Crippen LogP contribution in [-0.2, 0) is 18.8 Å². The topological polar surface area (TPSA) is 61.0 Å². The van der Waals surface area contributed by atoms with Gasteiger partial charge in [-0.05, 0) is 4.92 Å². The molecular weight excluding hydrogens is 238 g/mol. The van der Waals surface area contributed by atoms with Gasteiger partial charge in [0.05, 0.1) is 12.4 Å². The highest BCUT2D eigenvalue weighted by Gasteiger charge is 2.22. The van der Waals surface area contributed by atoms with Gasteiger partial charge in [0, 0.05) is 6.42 Å². The zero-order valence-corrected chi connectivity index (χ0v) is 9.04. The third-order valence-electron chi connectivity index (χ3n) is 1.90. The van der Waals surface area contributed by atoms with Crippen LogP contribution in [0.2, 0.25) is 0 Å². The number of imidazole rings is 1. The molecule has 6 heteroatoms. The summed E-state index contributed by atoms with van der Waals surface area (Å²) in [5, 5.41) is 11.1. The highest BCUT2D eigenvalue weighted by atomic mass is 79.9. The monoisotopic (exact) mass is 247 g/mol. The zero-order valence-electron chi connectivity index (χ0n) is 7.45. The second kappa shape index (κ2) is 3.87. The van der Waals surface area contributed by atoms with Gasteiger partial charge in [0.15, 0.2) is 5.69 Å². The maximum atomic E-state index is 10.5. The maximum Gasteiger partial charge on any atom is 0.434 e. The van der Waals surface area contributed by atoms with E-state index in [0.29, 0.717) is 11.8 Å². The molecule has 0 aliphatic heterocycles. The van der Waals surface area contributed by atoms with Crippen molar-refractivity contribution in [1.82, 2.24) is 9.55 Å². The molecule has 13 heavy (non-hydrogen) atoms. The average molecular weight is 248 g/mol. The summed E-state index contributed by atoms with van der Waals surface area (Å²) >= 11 is 3.28. The summed E-state index contributed by atoms with van der Waals surface area (Å²) in [4.78, 5) is 14.0. The predicted molar refractivity (Wildman–Crippen MR) is 51.9 cm³/mol. The molecule has 0 aliphatic rings. The van der Waals surface area contributed by atoms with Crippen LogP contribution < -0.4 is 0 Å². The van der Waals surface area contributed by atoms with Crippen LogP contribution in [0.25, 0.3) is 0 Å². The number of rotatable bonds is 3. The van der Waals surface area contributed by atoms with Crippen LogP contribution in [0.3, 0.4) is 0 Å². The van der Waals surface area contributed by atoms with E-state index in [1.54, 1.807) is 7.05 Å². The van der Waals surface area contributed by atoms with Crippen molar-refractivity contribution in [3.63, 3.8) is 0 Å². The van der Waals surface area contributed by atoms with E-state index in [4.69, 9.17) is 0 Å². The second-order valence-corrected chi connectivity index (χ2v) is 3.17. The summed E-state index contributed by atoms with van der Waals surface area (Å²) in [7, 11) is 1.65. The number of nitrogens with zero attached hydrogens (tertiary/aromatic N) is 3. The zero-order chi connectivity index (χ0) is 10.0. The molecule has 0 aliphatic carbocycles. The lowest BCUT2D eigenvalue weighted by Crippen LogP contribution is -2.00. The van der Waals surface area contributed by atoms with Gasteiger partial charge in [0.2, 0.25) is 0 Å². The molecule has 1 aromatic heterocycles. The Morgan fingerprint density at radius 2 is 2.31 bits per heavy atom. The van der Waals surface area contributed by atoms with Gasteiger partial charge in [0.25, 0.3) is 0 Å². The Labute approximate surface area is 84.1 Å². The van der Waals surface area contributed by atoms with Crippen molar-refractivity contribution in [2.75, 3.05) is 0 Å². The van der Waals surface area contributed by atoms with E-state index in [1.165, 1.54) is 4.57 Å². The Bertz CT molecular complexity index is 335. The molecule has 1 aromatic rings. The molecule has 0 bridgehead atoms. The molecule has 1 rings (SSSR count). The first-order valence-corrected chi connectivity index (χ1v) is 4.98. The van der Waals surface area contributed by atoms with Crippen molar-refractivity contribution in [3.05, 3.63) is 21.5 Å². The Hall–Kier alpha value is -0.910. The van der Waals surface area contributed by atoms with Gasteiger partial charge >= 0.3 is 5.95 Å². The van der Waals surface area contributed by atoms with Gasteiger partial charge in [-0.3, -0.25) is 0 Å². The number of hydrogen-bond acceptors (Lipinski definition) is 3. The third kappa shape index (κ3) is 1.72. The molecule has 0 aromatic carbocycles. The fraction of sp³-hybridized carbons (Fsp3) is 0.571. The van der Waals surface area contributed by atoms with E-state index >= 15 is 0 Å². The van der Waals surface area contributed by atoms with Crippen molar-refractivity contribution >= 4 is 21.9 Å². The summed E-state index contributed by atoms with van der Waals surface area (Å²) < 4.78 is 1.51. The smallest absolute Gasteiger partial charge is 0.390 e. The van der Waals surface area contributed by atoms with Crippen LogP contribution in [-0.4, -0.2) is 14.5 Å². The van der Waals surface area contributed by atoms with E-state index in [1.807, 2.05) is 6.92 Å². The molecule has 0 saturated heterocycles. The highest BCUT2D eigenvalue weighted by Crippen LogP contribution is 2.19. The lowest BCUT2D eigenvalue weighted by Gasteiger charge is -1.95. The van der Waals surface area contributed by atoms with Gasteiger partial charge in [-0.15, -0.1) is 0 Å². The van der Waals surface area contributed by atoms with Crippen molar-refractivity contribution in [2.24, 2.45) is 7.05 Å². The Morgan fingerprint density at radius 1 is 1.69 bits per heavy atom. The molecule has 72 valence electrons. The summed E-state index contributed by atoms with van der Waals surface area (Å²) in [6, 6.07) is 0. The predicted octanol–water partition coefficient (Wildman–Crippen LogP) is 1.79. The van der Waals surface area contributed by atoms with Crippen LogP contribution in [0.5, 0.6) is 0 Å². The van der Waals surface area contributed by atoms with Crippen molar-refractivity contribution in [1.29, 1.82) is 0 Å². The first kappa shape index (κ1) is 10.2. The van der Waals surface area contributed by atoms with Crippen LogP contribution in [0, 0.1) is 10.1 Å². The van der Waals surface area contributed by atoms with Crippen LogP contribution in [0.4, 0.5) is 5.95 Å². The fourth-order valence-electron chi connectivity index (χ4n) is 1.19. The Balaban J connectivity index is 3.26. The second-order valence-electron chi connectivity index (χ2n) is 2.61. The molecule has 1 heterocycles. The quantitative estimate of drug-likeness (QED) is 0.465. The van der Waals surface area contributed by atoms with Crippen LogP contribution in [0.15, 0.2) is 0 Å². The number of alkyl halides is 1. The first-order valence-electron chi connectivity index (χ1n) is 3.86. The fourth-order valence-corrected chi connectivity index (χ4v) is 1.89. The molecule has 0 amide bonds. The molecule has 0 spiro atoms. The summed E-state index contributed by atoms with van der Waals surface area (Å²) in [5.74, 6) is -0.0914. The SMILES string of the molecule is CCc1nc([N+](=O)[O-])n(C)c1CBr. The Kier molecular flexibility index (Phi) is 3.02. The molecule has 5 nitrogen and oxygen atoms in total. The van der Waals surface area contributed by atoms with E-state index in [9.17, 15) is 10.1 Å². The van der Waals surface area contributed by atoms with Crippen molar-refractivity contribution < 1.29 is 4.92 Å². The lowest BCUT2D eigenvalue weighted by atomic mass is 10.3. The van der Waals surface area contributed by atoms with Gasteiger partial charge < -0.3 is 10.1 Å². The molecule has 0 fully saturated rings. The van der Waals surface area contributed by atoms with Crippen LogP contribution >= 0.6 is 15.9 Å². The van der Waals surface area contributed by atoms with Crippen molar-refractivity contribution in [3.8, 4) is 0 Å². The maximum absolute atomic E-state index is 10.5. The van der Waals surface area contributed by atoms with Gasteiger partial charge in [0.1, 0.15) is 5.69 Å². The average Bonchev–Trinajstić information content (AvgIpc) is 2.41. The number of hydrogen-bond donors (Lipinski definition) is 0. The number of halogens is 1. The minimum Gasteiger partial charge on any atom is -0.390 e. The number of aromatic nitrogens is 2. The molecule has 0 saturated carbocycles. The Morgan fingerprint density at radius 3 is 2.62 bits per heavy atom. The molecule has 0 radical (unpaired) electrons. The standard InChI is InChI=1S/C7H10BrN3O2/c1-3-5-6(4-8)10(2)7(9-5)11(12)13/h3-4H2,1-2H3. The van der Waals surface area contributed by atoms with E-state index < -0.39 is 4.92 Å². The van der Waals surface area contributed by atoms with Crippen LogP contribution in [0.1, 0.15) is 18.3 Å². The number of nitro groups is 1. The normalized spacial score (nSPS) is 10.4. The van der Waals surface area contributed by atoms with Gasteiger partial charge in [-0.1, -0.05) is 27.8 Å². The van der Waals surface area contributed by atoms with Gasteiger partial charge in [-0.25, -0.2) is 4.57 Å². The van der Waals surface area contributed by atoms with Crippen molar-refractivity contribution in [2.45, 2.75) is 18.7 Å². The van der Waals surface area contributed by atoms with E-state index in [-0.39, 0.29) is 5.95 Å². The molecule has 0 unspecified atom stereocenters.